The van der Waals surface area contributed by atoms with E-state index in [1.807, 2.05) is 0 Å². The average molecular weight is 170 g/mol. The highest BCUT2D eigenvalue weighted by Gasteiger charge is 2.12. The van der Waals surface area contributed by atoms with Crippen LogP contribution in [-0.2, 0) is 9.53 Å². The fourth-order valence-corrected chi connectivity index (χ4v) is 1.25. The molecule has 0 radical (unpaired) electrons. The predicted octanol–water partition coefficient (Wildman–Crippen LogP) is 1.59. The average Bonchev–Trinajstić information content (AvgIpc) is 2.06. The molecule has 1 heterocycles. The van der Waals surface area contributed by atoms with Crippen LogP contribution in [0, 0.1) is 0 Å². The molecule has 1 N–H and O–H groups in total. The molecule has 3 nitrogen and oxygen atoms in total. The number of rotatable bonds is 2. The van der Waals surface area contributed by atoms with Crippen molar-refractivity contribution in [1.29, 1.82) is 0 Å². The van der Waals surface area contributed by atoms with Crippen molar-refractivity contribution in [2.24, 2.45) is 0 Å². The Balaban J connectivity index is 2.47. The third-order valence-electron chi connectivity index (χ3n) is 1.99. The van der Waals surface area contributed by atoms with Gasteiger partial charge in [-0.05, 0) is 32.3 Å². The number of carbonyl (C=O) groups is 1. The van der Waals surface area contributed by atoms with Crippen LogP contribution in [0.2, 0.25) is 0 Å². The van der Waals surface area contributed by atoms with Crippen molar-refractivity contribution in [3.63, 3.8) is 0 Å². The largest absolute Gasteiger partial charge is 0.478 e. The molecule has 0 aromatic heterocycles. The van der Waals surface area contributed by atoms with Gasteiger partial charge in [-0.15, -0.1) is 0 Å². The van der Waals surface area contributed by atoms with E-state index in [1.165, 1.54) is 0 Å². The van der Waals surface area contributed by atoms with E-state index in [9.17, 15) is 4.79 Å². The number of hydrogen-bond acceptors (Lipinski definition) is 2. The lowest BCUT2D eigenvalue weighted by Crippen LogP contribution is -2.17. The van der Waals surface area contributed by atoms with E-state index in [0.29, 0.717) is 5.57 Å². The first-order chi connectivity index (χ1) is 5.70. The lowest BCUT2D eigenvalue weighted by molar-refractivity contribution is -0.132. The molecule has 1 rings (SSSR count). The molecule has 1 aliphatic rings. The molecule has 0 aliphatic carbocycles. The monoisotopic (exact) mass is 170 g/mol. The molecule has 1 atom stereocenters. The summed E-state index contributed by atoms with van der Waals surface area (Å²) in [6.45, 7) is 2.36. The van der Waals surface area contributed by atoms with Crippen LogP contribution < -0.4 is 0 Å². The van der Waals surface area contributed by atoms with Crippen LogP contribution in [0.4, 0.5) is 0 Å². The summed E-state index contributed by atoms with van der Waals surface area (Å²) in [4.78, 5) is 10.4. The third kappa shape index (κ3) is 2.66. The van der Waals surface area contributed by atoms with Crippen molar-refractivity contribution < 1.29 is 14.6 Å². The Hall–Kier alpha value is -0.830. The Morgan fingerprint density at radius 2 is 2.33 bits per heavy atom. The molecule has 3 heteroatoms. The molecular weight excluding hydrogens is 156 g/mol. The van der Waals surface area contributed by atoms with Crippen LogP contribution in [0.5, 0.6) is 0 Å². The summed E-state index contributed by atoms with van der Waals surface area (Å²) in [5, 5.41) is 8.59. The second kappa shape index (κ2) is 4.26. The van der Waals surface area contributed by atoms with Crippen molar-refractivity contribution in [2.45, 2.75) is 32.3 Å². The second-order valence-electron chi connectivity index (χ2n) is 3.06. The molecule has 0 amide bonds. The highest BCUT2D eigenvalue weighted by atomic mass is 16.5. The summed E-state index contributed by atoms with van der Waals surface area (Å²) in [6.07, 6.45) is 4.89. The molecule has 0 aromatic carbocycles. The first-order valence-electron chi connectivity index (χ1n) is 4.23. The topological polar surface area (TPSA) is 46.5 Å². The van der Waals surface area contributed by atoms with Gasteiger partial charge in [0.1, 0.15) is 0 Å². The molecule has 1 fully saturated rings. The Morgan fingerprint density at radius 1 is 1.58 bits per heavy atom. The third-order valence-corrected chi connectivity index (χ3v) is 1.99. The van der Waals surface area contributed by atoms with Gasteiger partial charge in [-0.1, -0.05) is 0 Å². The lowest BCUT2D eigenvalue weighted by atomic mass is 10.1. The van der Waals surface area contributed by atoms with Crippen LogP contribution in [0.1, 0.15) is 26.2 Å². The Kier molecular flexibility index (Phi) is 3.29. The van der Waals surface area contributed by atoms with Crippen molar-refractivity contribution in [2.75, 3.05) is 6.61 Å². The molecule has 68 valence electrons. The normalized spacial score (nSPS) is 25.4. The minimum atomic E-state index is -0.857. The Morgan fingerprint density at radius 3 is 2.83 bits per heavy atom. The quantitative estimate of drug-likeness (QED) is 0.640. The fourth-order valence-electron chi connectivity index (χ4n) is 1.25. The van der Waals surface area contributed by atoms with E-state index in [2.05, 4.69) is 0 Å². The van der Waals surface area contributed by atoms with Crippen molar-refractivity contribution in [3.05, 3.63) is 11.6 Å². The summed E-state index contributed by atoms with van der Waals surface area (Å²) >= 11 is 0. The van der Waals surface area contributed by atoms with Gasteiger partial charge in [-0.2, -0.15) is 0 Å². The highest BCUT2D eigenvalue weighted by molar-refractivity contribution is 5.85. The minimum Gasteiger partial charge on any atom is -0.478 e. The number of carboxylic acids is 1. The van der Waals surface area contributed by atoms with Crippen LogP contribution in [0.3, 0.4) is 0 Å². The summed E-state index contributed by atoms with van der Waals surface area (Å²) < 4.78 is 5.36. The first kappa shape index (κ1) is 9.26. The van der Waals surface area contributed by atoms with Crippen LogP contribution in [0.25, 0.3) is 0 Å². The van der Waals surface area contributed by atoms with Gasteiger partial charge in [0.2, 0.25) is 0 Å². The molecule has 1 aliphatic heterocycles. The summed E-state index contributed by atoms with van der Waals surface area (Å²) in [5.41, 5.74) is 0.377. The summed E-state index contributed by atoms with van der Waals surface area (Å²) in [5.74, 6) is -0.857. The van der Waals surface area contributed by atoms with Gasteiger partial charge < -0.3 is 9.84 Å². The van der Waals surface area contributed by atoms with Gasteiger partial charge in [0.05, 0.1) is 6.10 Å². The minimum absolute atomic E-state index is 0.0230. The maximum absolute atomic E-state index is 10.4. The molecule has 1 saturated heterocycles. The van der Waals surface area contributed by atoms with Crippen LogP contribution >= 0.6 is 0 Å². The zero-order valence-electron chi connectivity index (χ0n) is 7.25. The Labute approximate surface area is 72.0 Å². The SMILES string of the molecule is C/C(=C\C1CCCCO1)C(=O)O. The lowest BCUT2D eigenvalue weighted by Gasteiger charge is -2.19. The zero-order valence-corrected chi connectivity index (χ0v) is 7.25. The highest BCUT2D eigenvalue weighted by Crippen LogP contribution is 2.14. The molecule has 0 spiro atoms. The summed E-state index contributed by atoms with van der Waals surface area (Å²) in [6, 6.07) is 0. The van der Waals surface area contributed by atoms with Gasteiger partial charge >= 0.3 is 5.97 Å². The van der Waals surface area contributed by atoms with Gasteiger partial charge in [0.15, 0.2) is 0 Å². The number of ether oxygens (including phenoxy) is 1. The summed E-state index contributed by atoms with van der Waals surface area (Å²) in [7, 11) is 0. The van der Waals surface area contributed by atoms with Crippen molar-refractivity contribution >= 4 is 5.97 Å². The van der Waals surface area contributed by atoms with Gasteiger partial charge in [-0.25, -0.2) is 4.79 Å². The molecule has 0 aromatic rings. The van der Waals surface area contributed by atoms with Crippen molar-refractivity contribution in [3.8, 4) is 0 Å². The number of aliphatic carboxylic acids is 1. The Bertz CT molecular complexity index is 190. The van der Waals surface area contributed by atoms with E-state index >= 15 is 0 Å². The maximum Gasteiger partial charge on any atom is 0.331 e. The van der Waals surface area contributed by atoms with Gasteiger partial charge in [0, 0.05) is 12.2 Å². The van der Waals surface area contributed by atoms with Crippen LogP contribution in [-0.4, -0.2) is 23.8 Å². The molecule has 0 saturated carbocycles. The van der Waals surface area contributed by atoms with E-state index < -0.39 is 5.97 Å². The van der Waals surface area contributed by atoms with E-state index in [1.54, 1.807) is 13.0 Å². The second-order valence-corrected chi connectivity index (χ2v) is 3.06. The van der Waals surface area contributed by atoms with Gasteiger partial charge in [0.25, 0.3) is 0 Å². The van der Waals surface area contributed by atoms with E-state index in [-0.39, 0.29) is 6.10 Å². The number of hydrogen-bond donors (Lipinski definition) is 1. The van der Waals surface area contributed by atoms with Crippen LogP contribution in [0.15, 0.2) is 11.6 Å². The maximum atomic E-state index is 10.4. The first-order valence-corrected chi connectivity index (χ1v) is 4.23. The van der Waals surface area contributed by atoms with E-state index in [4.69, 9.17) is 9.84 Å². The van der Waals surface area contributed by atoms with Gasteiger partial charge in [-0.3, -0.25) is 0 Å². The molecule has 0 bridgehead atoms. The molecular formula is C9H14O3. The fraction of sp³-hybridized carbons (Fsp3) is 0.667. The van der Waals surface area contributed by atoms with E-state index in [0.717, 1.165) is 25.9 Å². The standard InChI is InChI=1S/C9H14O3/c1-7(9(10)11)6-8-4-2-3-5-12-8/h6,8H,2-5H2,1H3,(H,10,11)/b7-6+. The number of carboxylic acid groups (broad SMARTS) is 1. The smallest absolute Gasteiger partial charge is 0.331 e. The van der Waals surface area contributed by atoms with Crippen molar-refractivity contribution in [1.82, 2.24) is 0 Å². The molecule has 1 unspecified atom stereocenters. The predicted molar refractivity (Wildman–Crippen MR) is 45.0 cm³/mol. The zero-order chi connectivity index (χ0) is 8.97. The molecule has 12 heavy (non-hydrogen) atoms.